The van der Waals surface area contributed by atoms with Crippen LogP contribution in [-0.4, -0.2) is 33.6 Å². The van der Waals surface area contributed by atoms with Crippen LogP contribution >= 0.6 is 0 Å². The summed E-state index contributed by atoms with van der Waals surface area (Å²) in [6.45, 7) is 3.10. The third-order valence-corrected chi connectivity index (χ3v) is 6.73. The van der Waals surface area contributed by atoms with E-state index in [0.29, 0.717) is 16.6 Å². The molecule has 0 aliphatic rings. The van der Waals surface area contributed by atoms with E-state index in [9.17, 15) is 18.3 Å². The van der Waals surface area contributed by atoms with Crippen LogP contribution in [0.3, 0.4) is 0 Å². The molecule has 1 heterocycles. The first-order valence-corrected chi connectivity index (χ1v) is 10.2. The predicted octanol–water partition coefficient (Wildman–Crippen LogP) is 1.32. The summed E-state index contributed by atoms with van der Waals surface area (Å²) in [7, 11) is -3.72. The fourth-order valence-corrected chi connectivity index (χ4v) is 4.30. The molecule has 0 spiro atoms. The number of nitrogen functional groups attached to an aromatic ring is 1. The molecule has 5 N–H and O–H groups in total. The molecule has 0 bridgehead atoms. The molecule has 1 unspecified atom stereocenters. The second kappa shape index (κ2) is 6.92. The van der Waals surface area contributed by atoms with Gasteiger partial charge in [-0.1, -0.05) is 36.4 Å². The van der Waals surface area contributed by atoms with Gasteiger partial charge in [-0.2, -0.15) is 0 Å². The van der Waals surface area contributed by atoms with Crippen molar-refractivity contribution in [3.8, 4) is 0 Å². The summed E-state index contributed by atoms with van der Waals surface area (Å²) in [5.41, 5.74) is 11.0. The lowest BCUT2D eigenvalue weighted by atomic mass is 9.83. The van der Waals surface area contributed by atoms with E-state index in [0.717, 1.165) is 3.97 Å². The zero-order valence-corrected chi connectivity index (χ0v) is 16.3. The average Bonchev–Trinajstić information content (AvgIpc) is 2.97. The Balaban J connectivity index is 2.22. The smallest absolute Gasteiger partial charge is 0.244 e. The van der Waals surface area contributed by atoms with E-state index in [2.05, 4.69) is 4.98 Å². The molecule has 0 radical (unpaired) electrons. The van der Waals surface area contributed by atoms with E-state index < -0.39 is 26.8 Å². The van der Waals surface area contributed by atoms with Crippen molar-refractivity contribution in [3.63, 3.8) is 0 Å². The molecule has 8 nitrogen and oxygen atoms in total. The van der Waals surface area contributed by atoms with Crippen molar-refractivity contribution in [2.75, 3.05) is 5.73 Å². The number of aliphatic hydroxyl groups is 1. The number of hydrogen-bond donors (Lipinski definition) is 3. The van der Waals surface area contributed by atoms with Gasteiger partial charge in [0, 0.05) is 0 Å². The van der Waals surface area contributed by atoms with Gasteiger partial charge in [0.05, 0.1) is 22.7 Å². The van der Waals surface area contributed by atoms with Crippen LogP contribution in [0.25, 0.3) is 11.0 Å². The van der Waals surface area contributed by atoms with Crippen LogP contribution in [0.15, 0.2) is 48.5 Å². The summed E-state index contributed by atoms with van der Waals surface area (Å²) < 4.78 is 26.2. The summed E-state index contributed by atoms with van der Waals surface area (Å²) in [5, 5.41) is 10.6. The molecule has 1 aromatic heterocycles. The second-order valence-electron chi connectivity index (χ2n) is 6.90. The highest BCUT2D eigenvalue weighted by atomic mass is 32.2. The maximum atomic E-state index is 12.6. The zero-order chi connectivity index (χ0) is 20.7. The fourth-order valence-electron chi connectivity index (χ4n) is 3.15. The molecule has 3 rings (SSSR count). The zero-order valence-electron chi connectivity index (χ0n) is 15.5. The number of aromatic nitrogens is 2. The van der Waals surface area contributed by atoms with Crippen LogP contribution in [0.1, 0.15) is 31.4 Å². The molecule has 28 heavy (non-hydrogen) atoms. The molecular formula is C19H22N4O4S. The lowest BCUT2D eigenvalue weighted by Gasteiger charge is -2.28. The Kier molecular flexibility index (Phi) is 4.90. The standard InChI is InChI=1S/C19H22N4O4S/c1-12(2)28(26,27)23-16-9-8-14(10-15(16)22-18(23)21)19(25,11-17(20)24)13-6-4-3-5-7-13/h3-10,12,25H,11H2,1-2H3,(H2,20,24)(H2,21,22). The molecule has 0 saturated carbocycles. The molecule has 2 aromatic carbocycles. The third kappa shape index (κ3) is 3.23. The Morgan fingerprint density at radius 1 is 1.18 bits per heavy atom. The van der Waals surface area contributed by atoms with Gasteiger partial charge >= 0.3 is 0 Å². The predicted molar refractivity (Wildman–Crippen MR) is 107 cm³/mol. The highest BCUT2D eigenvalue weighted by Crippen LogP contribution is 2.35. The van der Waals surface area contributed by atoms with Gasteiger partial charge in [0.25, 0.3) is 0 Å². The minimum atomic E-state index is -3.72. The first-order valence-electron chi connectivity index (χ1n) is 8.66. The SMILES string of the molecule is CC(C)S(=O)(=O)n1c(N)nc2cc(C(O)(CC(N)=O)c3ccccc3)ccc21. The highest BCUT2D eigenvalue weighted by molar-refractivity contribution is 7.90. The number of primary amides is 1. The number of nitrogens with zero attached hydrogens (tertiary/aromatic N) is 2. The first-order chi connectivity index (χ1) is 13.1. The molecule has 0 fully saturated rings. The van der Waals surface area contributed by atoms with Crippen LogP contribution in [0.4, 0.5) is 5.95 Å². The molecule has 0 saturated heterocycles. The quantitative estimate of drug-likeness (QED) is 0.568. The Morgan fingerprint density at radius 2 is 1.82 bits per heavy atom. The Hall–Kier alpha value is -2.91. The van der Waals surface area contributed by atoms with Gasteiger partial charge in [0.15, 0.2) is 0 Å². The van der Waals surface area contributed by atoms with Crippen molar-refractivity contribution < 1.29 is 18.3 Å². The van der Waals surface area contributed by atoms with Crippen molar-refractivity contribution in [2.45, 2.75) is 31.1 Å². The van der Waals surface area contributed by atoms with Crippen molar-refractivity contribution in [1.29, 1.82) is 0 Å². The second-order valence-corrected chi connectivity index (χ2v) is 9.24. The topological polar surface area (TPSA) is 141 Å². The normalized spacial score (nSPS) is 14.3. The number of benzene rings is 2. The molecule has 0 aliphatic carbocycles. The minimum Gasteiger partial charge on any atom is -0.380 e. The van der Waals surface area contributed by atoms with E-state index in [1.165, 1.54) is 12.1 Å². The lowest BCUT2D eigenvalue weighted by molar-refractivity contribution is -0.121. The van der Waals surface area contributed by atoms with Crippen molar-refractivity contribution in [3.05, 3.63) is 59.7 Å². The monoisotopic (exact) mass is 402 g/mol. The number of hydrogen-bond acceptors (Lipinski definition) is 6. The van der Waals surface area contributed by atoms with Crippen molar-refractivity contribution >= 4 is 32.9 Å². The van der Waals surface area contributed by atoms with Gasteiger partial charge in [0.1, 0.15) is 5.60 Å². The number of imidazole rings is 1. The molecule has 1 amide bonds. The number of rotatable bonds is 6. The van der Waals surface area contributed by atoms with Crippen molar-refractivity contribution in [1.82, 2.24) is 8.96 Å². The molecule has 3 aromatic rings. The summed E-state index contributed by atoms with van der Waals surface area (Å²) >= 11 is 0. The minimum absolute atomic E-state index is 0.168. The van der Waals surface area contributed by atoms with E-state index in [1.807, 2.05) is 0 Å². The largest absolute Gasteiger partial charge is 0.380 e. The highest BCUT2D eigenvalue weighted by Gasteiger charge is 2.34. The van der Waals surface area contributed by atoms with Gasteiger partial charge in [-0.05, 0) is 37.1 Å². The maximum absolute atomic E-state index is 12.6. The van der Waals surface area contributed by atoms with E-state index >= 15 is 0 Å². The molecule has 0 aliphatic heterocycles. The van der Waals surface area contributed by atoms with Crippen LogP contribution < -0.4 is 11.5 Å². The Labute approximate surface area is 162 Å². The Bertz CT molecular complexity index is 1140. The van der Waals surface area contributed by atoms with Gasteiger partial charge in [-0.25, -0.2) is 17.4 Å². The fraction of sp³-hybridized carbons (Fsp3) is 0.263. The van der Waals surface area contributed by atoms with Gasteiger partial charge < -0.3 is 16.6 Å². The lowest BCUT2D eigenvalue weighted by Crippen LogP contribution is -2.33. The Morgan fingerprint density at radius 3 is 2.39 bits per heavy atom. The summed E-state index contributed by atoms with van der Waals surface area (Å²) in [4.78, 5) is 15.8. The number of nitrogens with two attached hydrogens (primary N) is 2. The van der Waals surface area contributed by atoms with E-state index in [-0.39, 0.29) is 17.9 Å². The number of carbonyl (C=O) groups excluding carboxylic acids is 1. The molecular weight excluding hydrogens is 380 g/mol. The number of amides is 1. The maximum Gasteiger partial charge on any atom is 0.244 e. The van der Waals surface area contributed by atoms with Gasteiger partial charge in [-0.3, -0.25) is 4.79 Å². The molecule has 148 valence electrons. The van der Waals surface area contributed by atoms with Gasteiger partial charge in [-0.15, -0.1) is 0 Å². The number of anilines is 1. The number of carbonyl (C=O) groups is 1. The average molecular weight is 402 g/mol. The van der Waals surface area contributed by atoms with Gasteiger partial charge in [0.2, 0.25) is 21.9 Å². The molecule has 1 atom stereocenters. The van der Waals surface area contributed by atoms with Crippen LogP contribution in [0.2, 0.25) is 0 Å². The first kappa shape index (κ1) is 19.8. The van der Waals surface area contributed by atoms with Crippen molar-refractivity contribution in [2.24, 2.45) is 5.73 Å². The van der Waals surface area contributed by atoms with Crippen LogP contribution in [-0.2, 0) is 20.4 Å². The summed E-state index contributed by atoms with van der Waals surface area (Å²) in [5.74, 6) is -0.849. The van der Waals surface area contributed by atoms with Crippen LogP contribution in [0, 0.1) is 0 Å². The summed E-state index contributed by atoms with van der Waals surface area (Å²) in [6, 6.07) is 13.2. The van der Waals surface area contributed by atoms with E-state index in [1.54, 1.807) is 50.2 Å². The number of fused-ring (bicyclic) bond motifs is 1. The molecule has 9 heteroatoms. The third-order valence-electron chi connectivity index (χ3n) is 4.65. The van der Waals surface area contributed by atoms with E-state index in [4.69, 9.17) is 11.5 Å². The van der Waals surface area contributed by atoms with Crippen LogP contribution in [0.5, 0.6) is 0 Å². The summed E-state index contributed by atoms with van der Waals surface area (Å²) in [6.07, 6.45) is -0.344.